The van der Waals surface area contributed by atoms with Gasteiger partial charge in [-0.2, -0.15) is 15.5 Å². The molecule has 2 aromatic carbocycles. The Balaban J connectivity index is 1.67. The highest BCUT2D eigenvalue weighted by molar-refractivity contribution is 5.41. The van der Waals surface area contributed by atoms with Crippen LogP contribution in [0.5, 0.6) is 0 Å². The second-order valence-electron chi connectivity index (χ2n) is 8.80. The summed E-state index contributed by atoms with van der Waals surface area (Å²) in [6.07, 6.45) is 3.55. The van der Waals surface area contributed by atoms with E-state index in [1.54, 1.807) is 23.0 Å². The number of aromatic nitrogens is 4. The van der Waals surface area contributed by atoms with Crippen molar-refractivity contribution in [1.29, 1.82) is 5.26 Å². The van der Waals surface area contributed by atoms with Crippen molar-refractivity contribution in [2.24, 2.45) is 0 Å². The maximum atomic E-state index is 14.2. The van der Waals surface area contributed by atoms with Crippen LogP contribution in [0.15, 0.2) is 67.0 Å². The molecule has 0 N–H and O–H groups in total. The third kappa shape index (κ3) is 3.58. The van der Waals surface area contributed by atoms with Gasteiger partial charge in [-0.15, -0.1) is 0 Å². The lowest BCUT2D eigenvalue weighted by atomic mass is 9.64. The predicted molar refractivity (Wildman–Crippen MR) is 118 cm³/mol. The topological polar surface area (TPSA) is 59.4 Å². The number of rotatable bonds is 5. The fourth-order valence-corrected chi connectivity index (χ4v) is 3.62. The molecule has 7 heteroatoms. The molecule has 0 aliphatic heterocycles. The Bertz CT molecular complexity index is 1320. The SMILES string of the molecule is CC(C)(c1ccn(-c2cccc(C#N)c2)n1)C(C)(C)c1ccn(-c2ccc(F)cc2F)n1. The van der Waals surface area contributed by atoms with Crippen molar-refractivity contribution >= 4 is 0 Å². The lowest BCUT2D eigenvalue weighted by molar-refractivity contribution is 0.286. The Kier molecular flexibility index (Phi) is 5.17. The average Bonchev–Trinajstić information content (AvgIpc) is 3.44. The van der Waals surface area contributed by atoms with E-state index in [0.29, 0.717) is 5.56 Å². The standard InChI is InChI=1S/C25H23F2N5/c1-24(2,22-10-12-31(29-22)19-7-5-6-17(14-19)16-28)25(3,4)23-11-13-32(30-23)21-9-8-18(26)15-20(21)27/h5-15H,1-4H3. The summed E-state index contributed by atoms with van der Waals surface area (Å²) in [6, 6.07) is 16.6. The molecule has 0 saturated carbocycles. The number of nitriles is 1. The van der Waals surface area contributed by atoms with Crippen LogP contribution in [0.3, 0.4) is 0 Å². The van der Waals surface area contributed by atoms with Crippen LogP contribution in [0.1, 0.15) is 44.6 Å². The van der Waals surface area contributed by atoms with Crippen LogP contribution in [-0.2, 0) is 10.8 Å². The first-order valence-electron chi connectivity index (χ1n) is 10.2. The van der Waals surface area contributed by atoms with E-state index >= 15 is 0 Å². The molecule has 0 unspecified atom stereocenters. The third-order valence-corrected chi connectivity index (χ3v) is 6.42. The maximum absolute atomic E-state index is 14.2. The molecule has 0 aliphatic carbocycles. The summed E-state index contributed by atoms with van der Waals surface area (Å²) in [5, 5.41) is 18.5. The van der Waals surface area contributed by atoms with Gasteiger partial charge in [0, 0.05) is 29.3 Å². The van der Waals surface area contributed by atoms with Gasteiger partial charge in [0.15, 0.2) is 5.82 Å². The molecule has 4 aromatic rings. The minimum atomic E-state index is -0.671. The summed E-state index contributed by atoms with van der Waals surface area (Å²) in [6.45, 7) is 8.30. The van der Waals surface area contributed by atoms with E-state index in [4.69, 9.17) is 10.4 Å². The van der Waals surface area contributed by atoms with Gasteiger partial charge in [0.2, 0.25) is 0 Å². The summed E-state index contributed by atoms with van der Waals surface area (Å²) in [5.74, 6) is -1.30. The molecule has 4 rings (SSSR count). The van der Waals surface area contributed by atoms with Gasteiger partial charge in [-0.05, 0) is 42.5 Å². The Morgan fingerprint density at radius 1 is 0.812 bits per heavy atom. The lowest BCUT2D eigenvalue weighted by Gasteiger charge is -2.39. The first-order valence-corrected chi connectivity index (χ1v) is 10.2. The van der Waals surface area contributed by atoms with Gasteiger partial charge in [-0.25, -0.2) is 18.1 Å². The van der Waals surface area contributed by atoms with Gasteiger partial charge in [-0.1, -0.05) is 33.8 Å². The first kappa shape index (κ1) is 21.4. The molecular weight excluding hydrogens is 408 g/mol. The summed E-state index contributed by atoms with van der Waals surface area (Å²) in [4.78, 5) is 0. The normalized spacial score (nSPS) is 12.0. The zero-order valence-electron chi connectivity index (χ0n) is 18.3. The van der Waals surface area contributed by atoms with Crippen LogP contribution < -0.4 is 0 Å². The molecule has 0 amide bonds. The van der Waals surface area contributed by atoms with Crippen molar-refractivity contribution < 1.29 is 8.78 Å². The molecule has 0 radical (unpaired) electrons. The van der Waals surface area contributed by atoms with E-state index in [2.05, 4.69) is 38.9 Å². The Morgan fingerprint density at radius 2 is 1.44 bits per heavy atom. The third-order valence-electron chi connectivity index (χ3n) is 6.42. The van der Waals surface area contributed by atoms with E-state index in [-0.39, 0.29) is 5.69 Å². The highest BCUT2D eigenvalue weighted by Crippen LogP contribution is 2.42. The summed E-state index contributed by atoms with van der Waals surface area (Å²) in [7, 11) is 0. The van der Waals surface area contributed by atoms with E-state index < -0.39 is 22.5 Å². The van der Waals surface area contributed by atoms with Crippen LogP contribution in [0.2, 0.25) is 0 Å². The van der Waals surface area contributed by atoms with E-state index in [0.717, 1.165) is 23.1 Å². The number of hydrogen-bond acceptors (Lipinski definition) is 3. The van der Waals surface area contributed by atoms with Crippen LogP contribution in [0, 0.1) is 23.0 Å². The highest BCUT2D eigenvalue weighted by Gasteiger charge is 2.43. The van der Waals surface area contributed by atoms with Crippen LogP contribution >= 0.6 is 0 Å². The van der Waals surface area contributed by atoms with Crippen LogP contribution in [0.4, 0.5) is 8.78 Å². The fraction of sp³-hybridized carbons (Fsp3) is 0.240. The largest absolute Gasteiger partial charge is 0.241 e. The second-order valence-corrected chi connectivity index (χ2v) is 8.80. The van der Waals surface area contributed by atoms with Crippen molar-refractivity contribution in [2.45, 2.75) is 38.5 Å². The molecule has 0 spiro atoms. The molecule has 2 heterocycles. The Labute approximate surface area is 185 Å². The molecular formula is C25H23F2N5. The number of hydrogen-bond donors (Lipinski definition) is 0. The minimum Gasteiger partial charge on any atom is -0.241 e. The van der Waals surface area contributed by atoms with E-state index in [9.17, 15) is 8.78 Å². The second kappa shape index (κ2) is 7.72. The van der Waals surface area contributed by atoms with Crippen LogP contribution in [0.25, 0.3) is 11.4 Å². The molecule has 0 bridgehead atoms. The minimum absolute atomic E-state index is 0.188. The zero-order chi connectivity index (χ0) is 23.1. The fourth-order valence-electron chi connectivity index (χ4n) is 3.62. The quantitative estimate of drug-likeness (QED) is 0.421. The van der Waals surface area contributed by atoms with Crippen LogP contribution in [-0.4, -0.2) is 19.6 Å². The molecule has 0 fully saturated rings. The van der Waals surface area contributed by atoms with Gasteiger partial charge in [-0.3, -0.25) is 0 Å². The number of benzene rings is 2. The van der Waals surface area contributed by atoms with Gasteiger partial charge in [0.25, 0.3) is 0 Å². The number of nitrogens with zero attached hydrogens (tertiary/aromatic N) is 5. The van der Waals surface area contributed by atoms with Gasteiger partial charge < -0.3 is 0 Å². The van der Waals surface area contributed by atoms with Crippen molar-refractivity contribution in [3.05, 3.63) is 95.6 Å². The summed E-state index contributed by atoms with van der Waals surface area (Å²) < 4.78 is 30.7. The molecule has 0 saturated heterocycles. The van der Waals surface area contributed by atoms with E-state index in [1.165, 1.54) is 16.8 Å². The predicted octanol–water partition coefficient (Wildman–Crippen LogP) is 5.46. The van der Waals surface area contributed by atoms with Crippen molar-refractivity contribution in [3.63, 3.8) is 0 Å². The van der Waals surface area contributed by atoms with Gasteiger partial charge in [0.1, 0.15) is 11.5 Å². The highest BCUT2D eigenvalue weighted by atomic mass is 19.1. The molecule has 0 atom stereocenters. The maximum Gasteiger partial charge on any atom is 0.151 e. The summed E-state index contributed by atoms with van der Waals surface area (Å²) >= 11 is 0. The van der Waals surface area contributed by atoms with Gasteiger partial charge in [0.05, 0.1) is 28.7 Å². The number of halogens is 2. The molecule has 5 nitrogen and oxygen atoms in total. The van der Waals surface area contributed by atoms with E-state index in [1.807, 2.05) is 30.5 Å². The Hall–Kier alpha value is -3.79. The van der Waals surface area contributed by atoms with Crippen molar-refractivity contribution in [3.8, 4) is 17.4 Å². The average molecular weight is 431 g/mol. The molecule has 32 heavy (non-hydrogen) atoms. The lowest BCUT2D eigenvalue weighted by Crippen LogP contribution is -2.41. The molecule has 162 valence electrons. The molecule has 2 aromatic heterocycles. The molecule has 0 aliphatic rings. The Morgan fingerprint density at radius 3 is 2.06 bits per heavy atom. The van der Waals surface area contributed by atoms with Crippen molar-refractivity contribution in [2.75, 3.05) is 0 Å². The monoisotopic (exact) mass is 431 g/mol. The first-order chi connectivity index (χ1) is 15.1. The van der Waals surface area contributed by atoms with Gasteiger partial charge >= 0.3 is 0 Å². The smallest absolute Gasteiger partial charge is 0.151 e. The summed E-state index contributed by atoms with van der Waals surface area (Å²) in [5.41, 5.74) is 2.26. The zero-order valence-corrected chi connectivity index (χ0v) is 18.3. The van der Waals surface area contributed by atoms with Crippen molar-refractivity contribution in [1.82, 2.24) is 19.6 Å².